The monoisotopic (exact) mass is 448 g/mol. The van der Waals surface area contributed by atoms with E-state index in [4.69, 9.17) is 4.52 Å². The number of aliphatic hydroxyl groups is 1. The van der Waals surface area contributed by atoms with Gasteiger partial charge >= 0.3 is 0 Å². The molecule has 1 aromatic heterocycles. The van der Waals surface area contributed by atoms with Gasteiger partial charge in [-0.25, -0.2) is 8.78 Å². The second kappa shape index (κ2) is 8.37. The van der Waals surface area contributed by atoms with E-state index in [1.807, 2.05) is 20.8 Å². The third-order valence-electron chi connectivity index (χ3n) is 3.80. The van der Waals surface area contributed by atoms with Crippen LogP contribution < -0.4 is 4.72 Å². The van der Waals surface area contributed by atoms with Crippen LogP contribution in [-0.4, -0.2) is 15.0 Å². The molecule has 0 bridgehead atoms. The lowest BCUT2D eigenvalue weighted by Gasteiger charge is -2.26. The average Bonchev–Trinajstić information content (AvgIpc) is 2.85. The first-order valence-corrected chi connectivity index (χ1v) is 9.79. The molecule has 0 radical (unpaired) electrons. The highest BCUT2D eigenvalue weighted by molar-refractivity contribution is 9.10. The summed E-state index contributed by atoms with van der Waals surface area (Å²) in [6.45, 7) is 9.52. The molecule has 2 aromatic rings. The van der Waals surface area contributed by atoms with Crippen molar-refractivity contribution >= 4 is 27.9 Å². The molecule has 0 amide bonds. The molecule has 0 fully saturated rings. The molecule has 0 aliphatic heterocycles. The molecule has 2 unspecified atom stereocenters. The highest BCUT2D eigenvalue weighted by Crippen LogP contribution is 2.35. The molecule has 8 heteroatoms. The third-order valence-corrected chi connectivity index (χ3v) is 5.43. The maximum atomic E-state index is 14.4. The molecular formula is C18H23BrF2N2O2S. The van der Waals surface area contributed by atoms with E-state index in [0.29, 0.717) is 17.0 Å². The number of benzene rings is 1. The Morgan fingerprint density at radius 3 is 2.46 bits per heavy atom. The summed E-state index contributed by atoms with van der Waals surface area (Å²) >= 11 is 4.53. The third kappa shape index (κ3) is 5.28. The van der Waals surface area contributed by atoms with Crippen LogP contribution in [0.3, 0.4) is 0 Å². The smallest absolute Gasteiger partial charge is 0.140 e. The number of nitrogens with zero attached hydrogens (tertiary/aromatic N) is 1. The number of rotatable bonds is 6. The van der Waals surface area contributed by atoms with Crippen molar-refractivity contribution in [3.05, 3.63) is 50.8 Å². The lowest BCUT2D eigenvalue weighted by Crippen LogP contribution is -2.24. The van der Waals surface area contributed by atoms with Gasteiger partial charge in [0.1, 0.15) is 17.4 Å². The van der Waals surface area contributed by atoms with E-state index < -0.39 is 23.8 Å². The van der Waals surface area contributed by atoms with Crippen molar-refractivity contribution < 1.29 is 18.4 Å². The van der Waals surface area contributed by atoms with Gasteiger partial charge < -0.3 is 9.63 Å². The minimum absolute atomic E-state index is 0.125. The van der Waals surface area contributed by atoms with Gasteiger partial charge in [-0.05, 0) is 63.0 Å². The maximum Gasteiger partial charge on any atom is 0.140 e. The van der Waals surface area contributed by atoms with E-state index >= 15 is 0 Å². The van der Waals surface area contributed by atoms with Crippen LogP contribution in [0.25, 0.3) is 0 Å². The Labute approximate surface area is 165 Å². The zero-order valence-electron chi connectivity index (χ0n) is 15.4. The quantitative estimate of drug-likeness (QED) is 0.449. The summed E-state index contributed by atoms with van der Waals surface area (Å²) in [4.78, 5) is 0. The average molecular weight is 449 g/mol. The number of aryl methyl sites for hydroxylation is 2. The van der Waals surface area contributed by atoms with Gasteiger partial charge in [-0.1, -0.05) is 17.1 Å². The molecule has 2 atom stereocenters. The fraction of sp³-hybridized carbons (Fsp3) is 0.500. The largest absolute Gasteiger partial charge is 0.388 e. The van der Waals surface area contributed by atoms with Gasteiger partial charge in [0.15, 0.2) is 0 Å². The molecule has 2 rings (SSSR count). The van der Waals surface area contributed by atoms with Gasteiger partial charge in [0, 0.05) is 28.0 Å². The number of hydrogen-bond acceptors (Lipinski definition) is 5. The van der Waals surface area contributed by atoms with Gasteiger partial charge in [0.05, 0.1) is 16.3 Å². The zero-order chi connectivity index (χ0) is 19.6. The summed E-state index contributed by atoms with van der Waals surface area (Å²) in [7, 11) is 0. The van der Waals surface area contributed by atoms with Crippen molar-refractivity contribution in [1.29, 1.82) is 0 Å². The highest BCUT2D eigenvalue weighted by atomic mass is 79.9. The van der Waals surface area contributed by atoms with E-state index in [1.165, 1.54) is 18.0 Å². The SMILES string of the molecule is Cc1noc(C)c1C(O)CC(NSC(C)(C)C)c1cc(Br)c(F)cc1F. The van der Waals surface area contributed by atoms with Crippen molar-refractivity contribution in [1.82, 2.24) is 9.88 Å². The summed E-state index contributed by atoms with van der Waals surface area (Å²) in [6, 6.07) is 1.71. The number of aliphatic hydroxyl groups excluding tert-OH is 1. The molecule has 0 spiro atoms. The number of hydrogen-bond donors (Lipinski definition) is 2. The minimum Gasteiger partial charge on any atom is -0.388 e. The first kappa shape index (κ1) is 21.3. The second-order valence-corrected chi connectivity index (χ2v) is 9.68. The van der Waals surface area contributed by atoms with Crippen LogP contribution in [0.2, 0.25) is 0 Å². The van der Waals surface area contributed by atoms with Crippen molar-refractivity contribution in [2.75, 3.05) is 0 Å². The van der Waals surface area contributed by atoms with Gasteiger partial charge in [-0.2, -0.15) is 0 Å². The van der Waals surface area contributed by atoms with Gasteiger partial charge in [0.25, 0.3) is 0 Å². The topological polar surface area (TPSA) is 58.3 Å². The molecular weight excluding hydrogens is 426 g/mol. The highest BCUT2D eigenvalue weighted by Gasteiger charge is 2.27. The first-order chi connectivity index (χ1) is 12.0. The van der Waals surface area contributed by atoms with Crippen LogP contribution >= 0.6 is 27.9 Å². The van der Waals surface area contributed by atoms with Crippen molar-refractivity contribution in [2.24, 2.45) is 0 Å². The molecule has 144 valence electrons. The van der Waals surface area contributed by atoms with E-state index in [0.717, 1.165) is 6.07 Å². The molecule has 2 N–H and O–H groups in total. The lowest BCUT2D eigenvalue weighted by atomic mass is 9.96. The molecule has 1 heterocycles. The number of nitrogens with one attached hydrogen (secondary N) is 1. The summed E-state index contributed by atoms with van der Waals surface area (Å²) in [5, 5.41) is 14.5. The minimum atomic E-state index is -0.900. The molecule has 26 heavy (non-hydrogen) atoms. The normalized spacial score (nSPS) is 14.5. The standard InChI is InChI=1S/C18H23BrF2N2O2S/c1-9-17(10(2)25-22-9)16(24)8-15(23-26-18(3,4)5)11-6-12(19)14(21)7-13(11)20/h6-7,15-16,23-24H,8H2,1-5H3. The Kier molecular flexibility index (Phi) is 6.87. The fourth-order valence-corrected chi connectivity index (χ4v) is 3.68. The Bertz CT molecular complexity index is 758. The van der Waals surface area contributed by atoms with E-state index in [1.54, 1.807) is 13.8 Å². The summed E-state index contributed by atoms with van der Waals surface area (Å²) in [5.74, 6) is -0.804. The predicted molar refractivity (Wildman–Crippen MR) is 103 cm³/mol. The second-order valence-electron chi connectivity index (χ2n) is 7.16. The Morgan fingerprint density at radius 2 is 1.92 bits per heavy atom. The number of halogens is 3. The van der Waals surface area contributed by atoms with Crippen LogP contribution in [-0.2, 0) is 0 Å². The molecule has 0 aliphatic carbocycles. The molecule has 1 aromatic carbocycles. The molecule has 0 aliphatic rings. The predicted octanol–water partition coefficient (Wildman–Crippen LogP) is 5.53. The van der Waals surface area contributed by atoms with Gasteiger partial charge in [-0.15, -0.1) is 0 Å². The molecule has 0 saturated carbocycles. The Morgan fingerprint density at radius 1 is 1.27 bits per heavy atom. The van der Waals surface area contributed by atoms with Gasteiger partial charge in [-0.3, -0.25) is 4.72 Å². The van der Waals surface area contributed by atoms with Crippen LogP contribution in [0.1, 0.15) is 61.9 Å². The Balaban J connectivity index is 2.34. The van der Waals surface area contributed by atoms with Gasteiger partial charge in [0.2, 0.25) is 0 Å². The van der Waals surface area contributed by atoms with Crippen molar-refractivity contribution in [3.63, 3.8) is 0 Å². The zero-order valence-corrected chi connectivity index (χ0v) is 17.8. The van der Waals surface area contributed by atoms with Crippen molar-refractivity contribution in [3.8, 4) is 0 Å². The van der Waals surface area contributed by atoms with Crippen LogP contribution in [0.5, 0.6) is 0 Å². The maximum absolute atomic E-state index is 14.4. The van der Waals surface area contributed by atoms with E-state index in [9.17, 15) is 13.9 Å². The fourth-order valence-electron chi connectivity index (χ4n) is 2.60. The summed E-state index contributed by atoms with van der Waals surface area (Å²) in [5.41, 5.74) is 1.47. The van der Waals surface area contributed by atoms with Crippen LogP contribution in [0.15, 0.2) is 21.1 Å². The van der Waals surface area contributed by atoms with Crippen LogP contribution in [0.4, 0.5) is 8.78 Å². The number of aromatic nitrogens is 1. The van der Waals surface area contributed by atoms with Crippen molar-refractivity contribution in [2.45, 2.75) is 57.9 Å². The Hall–Kier alpha value is -0.960. The van der Waals surface area contributed by atoms with Crippen LogP contribution in [0, 0.1) is 25.5 Å². The molecule has 4 nitrogen and oxygen atoms in total. The van der Waals surface area contributed by atoms with E-state index in [2.05, 4.69) is 25.8 Å². The first-order valence-electron chi connectivity index (χ1n) is 8.18. The summed E-state index contributed by atoms with van der Waals surface area (Å²) in [6.07, 6.45) is -0.719. The molecule has 0 saturated heterocycles. The lowest BCUT2D eigenvalue weighted by molar-refractivity contribution is 0.153. The summed E-state index contributed by atoms with van der Waals surface area (Å²) < 4.78 is 36.4. The van der Waals surface area contributed by atoms with E-state index in [-0.39, 0.29) is 21.2 Å².